The molecule has 158 valence electrons. The molecule has 30 heavy (non-hydrogen) atoms. The lowest BCUT2D eigenvalue weighted by Crippen LogP contribution is -2.23. The van der Waals surface area contributed by atoms with Crippen molar-refractivity contribution in [2.24, 2.45) is 4.99 Å². The number of hydrogen-bond acceptors (Lipinski definition) is 6. The van der Waals surface area contributed by atoms with Gasteiger partial charge in [0.15, 0.2) is 10.6 Å². The molecule has 0 unspecified atom stereocenters. The van der Waals surface area contributed by atoms with Crippen molar-refractivity contribution in [1.29, 1.82) is 0 Å². The Balaban J connectivity index is 2.22. The van der Waals surface area contributed by atoms with Gasteiger partial charge in [-0.1, -0.05) is 17.4 Å². The zero-order chi connectivity index (χ0) is 21.8. The van der Waals surface area contributed by atoms with Gasteiger partial charge in [-0.3, -0.25) is 9.59 Å². The number of thiazole rings is 1. The second-order valence-corrected chi connectivity index (χ2v) is 6.97. The molecule has 0 spiro atoms. The number of fused-ring (bicyclic) bond motifs is 1. The van der Waals surface area contributed by atoms with Crippen molar-refractivity contribution in [2.45, 2.75) is 13.5 Å². The summed E-state index contributed by atoms with van der Waals surface area (Å²) in [6.45, 7) is 1.36. The highest BCUT2D eigenvalue weighted by Gasteiger charge is 2.20. The first-order chi connectivity index (χ1) is 14.4. The number of ether oxygens (including phenoxy) is 3. The van der Waals surface area contributed by atoms with Crippen molar-refractivity contribution < 1.29 is 32.6 Å². The van der Waals surface area contributed by atoms with Crippen LogP contribution in [0.1, 0.15) is 17.3 Å². The Hall–Kier alpha value is -3.27. The third kappa shape index (κ3) is 4.18. The van der Waals surface area contributed by atoms with Gasteiger partial charge in [0.05, 0.1) is 31.0 Å². The number of carbonyl (C=O) groups excluding carboxylic acids is 2. The SMILES string of the molecule is CCOC(=O)Cn1c(=NC(=O)c2c(OC)cccc2OC)sc2cc(F)cc(F)c21. The molecule has 0 bridgehead atoms. The van der Waals surface area contributed by atoms with Crippen LogP contribution in [0, 0.1) is 11.6 Å². The van der Waals surface area contributed by atoms with E-state index in [1.54, 1.807) is 25.1 Å². The van der Waals surface area contributed by atoms with Crippen LogP contribution >= 0.6 is 11.3 Å². The molecule has 0 aliphatic carbocycles. The molecule has 1 heterocycles. The minimum atomic E-state index is -0.880. The summed E-state index contributed by atoms with van der Waals surface area (Å²) in [5.41, 5.74) is 0.0160. The molecule has 0 radical (unpaired) electrons. The van der Waals surface area contributed by atoms with Crippen LogP contribution in [0.2, 0.25) is 0 Å². The first-order valence-corrected chi connectivity index (χ1v) is 9.65. The van der Waals surface area contributed by atoms with Crippen molar-refractivity contribution in [3.8, 4) is 11.5 Å². The van der Waals surface area contributed by atoms with E-state index >= 15 is 0 Å². The number of aromatic nitrogens is 1. The third-order valence-electron chi connectivity index (χ3n) is 4.13. The fraction of sp³-hybridized carbons (Fsp3) is 0.250. The molecule has 0 fully saturated rings. The van der Waals surface area contributed by atoms with Crippen LogP contribution in [0.4, 0.5) is 8.78 Å². The maximum absolute atomic E-state index is 14.5. The molecule has 0 aliphatic rings. The van der Waals surface area contributed by atoms with E-state index in [1.807, 2.05) is 0 Å². The average molecular weight is 436 g/mol. The molecule has 0 saturated heterocycles. The second-order valence-electron chi connectivity index (χ2n) is 5.96. The van der Waals surface area contributed by atoms with Crippen molar-refractivity contribution in [1.82, 2.24) is 4.57 Å². The van der Waals surface area contributed by atoms with E-state index in [0.29, 0.717) is 6.07 Å². The fourth-order valence-electron chi connectivity index (χ4n) is 2.90. The summed E-state index contributed by atoms with van der Waals surface area (Å²) in [5, 5.41) is 0. The monoisotopic (exact) mass is 436 g/mol. The maximum Gasteiger partial charge on any atom is 0.326 e. The van der Waals surface area contributed by atoms with E-state index in [9.17, 15) is 18.4 Å². The lowest BCUT2D eigenvalue weighted by molar-refractivity contribution is -0.143. The number of methoxy groups -OCH3 is 2. The van der Waals surface area contributed by atoms with Gasteiger partial charge in [-0.05, 0) is 25.1 Å². The largest absolute Gasteiger partial charge is 0.496 e. The van der Waals surface area contributed by atoms with Crippen LogP contribution < -0.4 is 14.3 Å². The number of hydrogen-bond donors (Lipinski definition) is 0. The summed E-state index contributed by atoms with van der Waals surface area (Å²) >= 11 is 0.868. The van der Waals surface area contributed by atoms with Gasteiger partial charge in [-0.25, -0.2) is 8.78 Å². The highest BCUT2D eigenvalue weighted by Crippen LogP contribution is 2.29. The number of amides is 1. The molecule has 10 heteroatoms. The summed E-state index contributed by atoms with van der Waals surface area (Å²) in [5.74, 6) is -2.57. The van der Waals surface area contributed by atoms with Crippen molar-refractivity contribution in [3.63, 3.8) is 0 Å². The number of halogens is 2. The molecule has 0 atom stereocenters. The van der Waals surface area contributed by atoms with Gasteiger partial charge in [0.25, 0.3) is 5.91 Å². The fourth-order valence-corrected chi connectivity index (χ4v) is 3.97. The van der Waals surface area contributed by atoms with Gasteiger partial charge < -0.3 is 18.8 Å². The molecular formula is C20H18F2N2O5S. The van der Waals surface area contributed by atoms with Gasteiger partial charge in [0.2, 0.25) is 0 Å². The highest BCUT2D eigenvalue weighted by atomic mass is 32.1. The number of benzene rings is 2. The van der Waals surface area contributed by atoms with Gasteiger partial charge in [-0.15, -0.1) is 0 Å². The van der Waals surface area contributed by atoms with Gasteiger partial charge in [0.1, 0.15) is 29.4 Å². The topological polar surface area (TPSA) is 79.1 Å². The predicted octanol–water partition coefficient (Wildman–Crippen LogP) is 3.30. The van der Waals surface area contributed by atoms with Crippen molar-refractivity contribution in [2.75, 3.05) is 20.8 Å². The minimum Gasteiger partial charge on any atom is -0.496 e. The Morgan fingerprint density at radius 2 is 1.80 bits per heavy atom. The molecule has 1 aromatic heterocycles. The molecular weight excluding hydrogens is 418 g/mol. The van der Waals surface area contributed by atoms with Crippen LogP contribution in [0.5, 0.6) is 11.5 Å². The summed E-state index contributed by atoms with van der Waals surface area (Å²) in [4.78, 5) is 29.0. The quantitative estimate of drug-likeness (QED) is 0.554. The van der Waals surface area contributed by atoms with Crippen LogP contribution in [-0.4, -0.2) is 37.3 Å². The third-order valence-corrected chi connectivity index (χ3v) is 5.15. The summed E-state index contributed by atoms with van der Waals surface area (Å²) in [6.07, 6.45) is 0. The molecule has 7 nitrogen and oxygen atoms in total. The van der Waals surface area contributed by atoms with Crippen LogP contribution in [0.3, 0.4) is 0 Å². The molecule has 3 aromatic rings. The zero-order valence-corrected chi connectivity index (χ0v) is 17.2. The van der Waals surface area contributed by atoms with E-state index < -0.39 is 30.1 Å². The Morgan fingerprint density at radius 1 is 1.13 bits per heavy atom. The Kier molecular flexibility index (Phi) is 6.46. The number of rotatable bonds is 6. The molecule has 0 N–H and O–H groups in total. The Bertz CT molecular complexity index is 1160. The average Bonchev–Trinajstić information content (AvgIpc) is 3.03. The van der Waals surface area contributed by atoms with E-state index in [-0.39, 0.29) is 38.7 Å². The number of carbonyl (C=O) groups is 2. The van der Waals surface area contributed by atoms with Crippen molar-refractivity contribution in [3.05, 3.63) is 52.3 Å². The van der Waals surface area contributed by atoms with Crippen LogP contribution in [0.25, 0.3) is 10.2 Å². The van der Waals surface area contributed by atoms with Crippen LogP contribution in [0.15, 0.2) is 35.3 Å². The standard InChI is InChI=1S/C20H18F2N2O5S/c1-4-29-16(25)10-24-18-12(22)8-11(21)9-15(18)30-20(24)23-19(26)17-13(27-2)6-5-7-14(17)28-3/h5-9H,4,10H2,1-3H3. The normalized spacial score (nSPS) is 11.6. The lowest BCUT2D eigenvalue weighted by Gasteiger charge is -2.10. The van der Waals surface area contributed by atoms with Crippen molar-refractivity contribution >= 4 is 33.4 Å². The first-order valence-electron chi connectivity index (χ1n) is 8.83. The minimum absolute atomic E-state index is 0.000474. The molecule has 0 saturated carbocycles. The Morgan fingerprint density at radius 3 is 2.40 bits per heavy atom. The summed E-state index contributed by atoms with van der Waals surface area (Å²) in [7, 11) is 2.79. The number of nitrogens with zero attached hydrogens (tertiary/aromatic N) is 2. The maximum atomic E-state index is 14.5. The Labute approximate surface area is 174 Å². The lowest BCUT2D eigenvalue weighted by atomic mass is 10.1. The van der Waals surface area contributed by atoms with Crippen LogP contribution in [-0.2, 0) is 16.1 Å². The molecule has 3 rings (SSSR count). The second kappa shape index (κ2) is 9.04. The van der Waals surface area contributed by atoms with Gasteiger partial charge in [0, 0.05) is 6.07 Å². The van der Waals surface area contributed by atoms with E-state index in [2.05, 4.69) is 4.99 Å². The van der Waals surface area contributed by atoms with E-state index in [4.69, 9.17) is 14.2 Å². The van der Waals surface area contributed by atoms with Gasteiger partial charge in [-0.2, -0.15) is 4.99 Å². The van der Waals surface area contributed by atoms with E-state index in [0.717, 1.165) is 17.4 Å². The zero-order valence-electron chi connectivity index (χ0n) is 16.4. The van der Waals surface area contributed by atoms with Gasteiger partial charge >= 0.3 is 5.97 Å². The number of esters is 1. The predicted molar refractivity (Wildman–Crippen MR) is 106 cm³/mol. The highest BCUT2D eigenvalue weighted by molar-refractivity contribution is 7.16. The molecule has 2 aromatic carbocycles. The van der Waals surface area contributed by atoms with E-state index in [1.165, 1.54) is 18.8 Å². The summed E-state index contributed by atoms with van der Waals surface area (Å²) < 4.78 is 44.9. The first kappa shape index (κ1) is 21.4. The summed E-state index contributed by atoms with van der Waals surface area (Å²) in [6, 6.07) is 6.59. The smallest absolute Gasteiger partial charge is 0.326 e. The molecule has 0 aliphatic heterocycles. The molecule has 1 amide bonds.